The van der Waals surface area contributed by atoms with Crippen LogP contribution in [0.25, 0.3) is 0 Å². The van der Waals surface area contributed by atoms with Crippen molar-refractivity contribution in [3.05, 3.63) is 35.7 Å². The van der Waals surface area contributed by atoms with Crippen LogP contribution < -0.4 is 15.1 Å². The van der Waals surface area contributed by atoms with Crippen LogP contribution in [-0.2, 0) is 15.7 Å². The van der Waals surface area contributed by atoms with Gasteiger partial charge in [0.25, 0.3) is 5.91 Å². The van der Waals surface area contributed by atoms with Crippen LogP contribution in [0, 0.1) is 0 Å². The Kier molecular flexibility index (Phi) is 9.06. The number of ether oxygens (including phenoxy) is 2. The van der Waals surface area contributed by atoms with Crippen LogP contribution >= 0.6 is 0 Å². The lowest BCUT2D eigenvalue weighted by molar-refractivity contribution is -0.137. The van der Waals surface area contributed by atoms with Crippen molar-refractivity contribution in [1.82, 2.24) is 19.8 Å². The van der Waals surface area contributed by atoms with E-state index in [0.717, 1.165) is 6.07 Å². The third-order valence-corrected chi connectivity index (χ3v) is 6.74. The summed E-state index contributed by atoms with van der Waals surface area (Å²) in [4.78, 5) is 50.9. The molecule has 4 heterocycles. The van der Waals surface area contributed by atoms with Gasteiger partial charge in [0.1, 0.15) is 22.9 Å². The number of carbonyl (C=O) groups is 3. The molecule has 2 N–H and O–H groups in total. The summed E-state index contributed by atoms with van der Waals surface area (Å²) in [5.41, 5.74) is -2.14. The number of nitrogens with one attached hydrogen (secondary N) is 2. The molecule has 0 radical (unpaired) electrons. The maximum Gasteiger partial charge on any atom is 0.418 e. The van der Waals surface area contributed by atoms with Gasteiger partial charge in [0.15, 0.2) is 0 Å². The van der Waals surface area contributed by atoms with Crippen LogP contribution in [0.5, 0.6) is 0 Å². The molecule has 42 heavy (non-hydrogen) atoms. The van der Waals surface area contributed by atoms with E-state index in [2.05, 4.69) is 15.3 Å². The molecule has 0 bridgehead atoms. The molecule has 2 saturated heterocycles. The van der Waals surface area contributed by atoms with Crippen molar-refractivity contribution in [2.45, 2.75) is 39.5 Å². The summed E-state index contributed by atoms with van der Waals surface area (Å²) in [6.45, 7) is 10.3. The molecule has 3 amide bonds. The Bertz CT molecular complexity index is 1260. The molecule has 2 aromatic rings. The molecule has 2 aliphatic heterocycles. The predicted octanol–water partition coefficient (Wildman–Crippen LogP) is 4.02. The highest BCUT2D eigenvalue weighted by Gasteiger charge is 2.38. The second-order valence-corrected chi connectivity index (χ2v) is 10.9. The first-order chi connectivity index (χ1) is 19.7. The van der Waals surface area contributed by atoms with Gasteiger partial charge in [-0.15, -0.1) is 0 Å². The lowest BCUT2D eigenvalue weighted by Gasteiger charge is -2.36. The maximum absolute atomic E-state index is 13.9. The van der Waals surface area contributed by atoms with Crippen molar-refractivity contribution in [2.75, 3.05) is 74.1 Å². The van der Waals surface area contributed by atoms with E-state index >= 15 is 0 Å². The number of H-pyrrole nitrogens is 1. The molecule has 4 rings (SSSR count). The van der Waals surface area contributed by atoms with E-state index in [-0.39, 0.29) is 43.8 Å². The molecule has 2 aromatic heterocycles. The van der Waals surface area contributed by atoms with Crippen LogP contribution in [0.1, 0.15) is 43.7 Å². The second kappa shape index (κ2) is 12.4. The van der Waals surface area contributed by atoms with Crippen LogP contribution in [0.4, 0.5) is 40.1 Å². The number of hydrogen-bond acceptors (Lipinski definition) is 8. The van der Waals surface area contributed by atoms with E-state index in [1.165, 1.54) is 11.1 Å². The van der Waals surface area contributed by atoms with Crippen molar-refractivity contribution in [3.63, 3.8) is 0 Å². The first-order valence-electron chi connectivity index (χ1n) is 13.7. The average Bonchev–Trinajstić information content (AvgIpc) is 3.40. The molecule has 15 heteroatoms. The van der Waals surface area contributed by atoms with E-state index in [9.17, 15) is 27.6 Å². The zero-order valence-electron chi connectivity index (χ0n) is 24.1. The monoisotopic (exact) mass is 595 g/mol. The standard InChI is InChI=1S/C27H36F3N7O5/c1-5-41-24(39)36-12-8-34(9-13-36)20-7-6-18(17-31-20)32-23(38)22-19(27(28,29)30)16-21(33-22)35-10-14-37(15-11-35)25(40)42-26(2,3)4/h6-7,16-17,33H,5,8-15H2,1-4H3,(H,32,38). The fourth-order valence-corrected chi connectivity index (χ4v) is 4.64. The molecule has 0 atom stereocenters. The van der Waals surface area contributed by atoms with Crippen molar-refractivity contribution in [3.8, 4) is 0 Å². The van der Waals surface area contributed by atoms with Crippen LogP contribution in [0.3, 0.4) is 0 Å². The van der Waals surface area contributed by atoms with Gasteiger partial charge in [0, 0.05) is 52.4 Å². The zero-order chi connectivity index (χ0) is 30.7. The Morgan fingerprint density at radius 2 is 1.52 bits per heavy atom. The van der Waals surface area contributed by atoms with Crippen LogP contribution in [0.15, 0.2) is 24.4 Å². The van der Waals surface area contributed by atoms with Gasteiger partial charge in [-0.05, 0) is 45.9 Å². The van der Waals surface area contributed by atoms with Gasteiger partial charge in [-0.25, -0.2) is 14.6 Å². The number of halogens is 3. The summed E-state index contributed by atoms with van der Waals surface area (Å²) in [6, 6.07) is 4.13. The number of piperazine rings is 2. The zero-order valence-corrected chi connectivity index (χ0v) is 24.1. The molecular formula is C27H36F3N7O5. The number of anilines is 3. The molecule has 0 saturated carbocycles. The summed E-state index contributed by atoms with van der Waals surface area (Å²) in [5.74, 6) is -0.217. The van der Waals surface area contributed by atoms with Gasteiger partial charge in [0.05, 0.1) is 24.1 Å². The van der Waals surface area contributed by atoms with Gasteiger partial charge in [-0.1, -0.05) is 0 Å². The number of aromatic amines is 1. The smallest absolute Gasteiger partial charge is 0.418 e. The predicted molar refractivity (Wildman–Crippen MR) is 149 cm³/mol. The Balaban J connectivity index is 1.39. The minimum Gasteiger partial charge on any atom is -0.450 e. The minimum atomic E-state index is -4.77. The quantitative estimate of drug-likeness (QED) is 0.532. The van der Waals surface area contributed by atoms with Gasteiger partial charge in [-0.3, -0.25) is 4.79 Å². The molecule has 12 nitrogen and oxygen atoms in total. The van der Waals surface area contributed by atoms with Crippen molar-refractivity contribution in [2.24, 2.45) is 0 Å². The molecule has 0 aliphatic carbocycles. The number of pyridine rings is 1. The Hall–Kier alpha value is -4.17. The number of hydrogen-bond donors (Lipinski definition) is 2. The van der Waals surface area contributed by atoms with E-state index in [0.29, 0.717) is 38.6 Å². The molecule has 2 aliphatic rings. The van der Waals surface area contributed by atoms with E-state index in [1.54, 1.807) is 49.6 Å². The van der Waals surface area contributed by atoms with Crippen LogP contribution in [-0.4, -0.2) is 102 Å². The number of amides is 3. The third-order valence-electron chi connectivity index (χ3n) is 6.74. The molecule has 0 aromatic carbocycles. The number of carbonyl (C=O) groups excluding carboxylic acids is 3. The number of aromatic nitrogens is 2. The number of rotatable bonds is 5. The van der Waals surface area contributed by atoms with Gasteiger partial charge >= 0.3 is 18.4 Å². The highest BCUT2D eigenvalue weighted by molar-refractivity contribution is 6.04. The van der Waals surface area contributed by atoms with Gasteiger partial charge in [-0.2, -0.15) is 13.2 Å². The molecular weight excluding hydrogens is 559 g/mol. The van der Waals surface area contributed by atoms with Crippen LogP contribution in [0.2, 0.25) is 0 Å². The number of nitrogens with zero attached hydrogens (tertiary/aromatic N) is 5. The lowest BCUT2D eigenvalue weighted by atomic mass is 10.2. The lowest BCUT2D eigenvalue weighted by Crippen LogP contribution is -2.50. The molecule has 230 valence electrons. The SMILES string of the molecule is CCOC(=O)N1CCN(c2ccc(NC(=O)c3[nH]c(N4CCN(C(=O)OC(C)(C)C)CC4)cc3C(F)(F)F)cn2)CC1. The first-order valence-corrected chi connectivity index (χ1v) is 13.7. The number of alkyl halides is 3. The first kappa shape index (κ1) is 30.8. The fraction of sp³-hybridized carbons (Fsp3) is 0.556. The maximum atomic E-state index is 13.9. The second-order valence-electron chi connectivity index (χ2n) is 10.9. The Morgan fingerprint density at radius 1 is 0.929 bits per heavy atom. The normalized spacial score (nSPS) is 16.4. The van der Waals surface area contributed by atoms with E-state index in [1.807, 2.05) is 4.90 Å². The topological polar surface area (TPSA) is 123 Å². The van der Waals surface area contributed by atoms with E-state index in [4.69, 9.17) is 9.47 Å². The molecule has 0 unspecified atom stereocenters. The largest absolute Gasteiger partial charge is 0.450 e. The summed E-state index contributed by atoms with van der Waals surface area (Å²) in [7, 11) is 0. The van der Waals surface area contributed by atoms with Gasteiger partial charge < -0.3 is 39.4 Å². The average molecular weight is 596 g/mol. The summed E-state index contributed by atoms with van der Waals surface area (Å²) >= 11 is 0. The Morgan fingerprint density at radius 3 is 2.05 bits per heavy atom. The molecule has 0 spiro atoms. The Labute approximate surface area is 241 Å². The van der Waals surface area contributed by atoms with Crippen molar-refractivity contribution < 1.29 is 37.0 Å². The molecule has 2 fully saturated rings. The van der Waals surface area contributed by atoms with Crippen molar-refractivity contribution in [1.29, 1.82) is 0 Å². The van der Waals surface area contributed by atoms with Crippen molar-refractivity contribution >= 4 is 35.4 Å². The van der Waals surface area contributed by atoms with Gasteiger partial charge in [0.2, 0.25) is 0 Å². The summed E-state index contributed by atoms with van der Waals surface area (Å²) < 4.78 is 52.1. The summed E-state index contributed by atoms with van der Waals surface area (Å²) in [6.07, 6.45) is -4.24. The summed E-state index contributed by atoms with van der Waals surface area (Å²) in [5, 5.41) is 2.49. The van der Waals surface area contributed by atoms with E-state index < -0.39 is 35.0 Å². The highest BCUT2D eigenvalue weighted by Crippen LogP contribution is 2.35. The minimum absolute atomic E-state index is 0.131. The highest BCUT2D eigenvalue weighted by atomic mass is 19.4. The third kappa shape index (κ3) is 7.56. The fourth-order valence-electron chi connectivity index (χ4n) is 4.64.